The van der Waals surface area contributed by atoms with E-state index in [0.717, 1.165) is 30.6 Å². The number of carbonyl (C=O) groups is 2. The molecule has 3 aromatic rings. The number of aryl methyl sites for hydroxylation is 2. The van der Waals surface area contributed by atoms with E-state index in [1.807, 2.05) is 48.4 Å². The van der Waals surface area contributed by atoms with Crippen molar-refractivity contribution in [3.8, 4) is 0 Å². The standard InChI is InChI=1S/C20H21N5O2/c1-14-8-10-25-12-16(21-18(25)11-14)20(27)23-22-19(26)13-24-9-4-6-15-5-2-3-7-17(15)24/h2-3,5,7-8,10-12H,4,6,9,13H2,1H3,(H,22,26)(H,23,27). The first-order valence-electron chi connectivity index (χ1n) is 8.97. The molecule has 4 rings (SSSR count). The average Bonchev–Trinajstić information content (AvgIpc) is 3.09. The fourth-order valence-corrected chi connectivity index (χ4v) is 3.37. The molecule has 138 valence electrons. The van der Waals surface area contributed by atoms with Crippen LogP contribution in [-0.4, -0.2) is 34.3 Å². The molecule has 0 bridgehead atoms. The van der Waals surface area contributed by atoms with Gasteiger partial charge in [0.15, 0.2) is 0 Å². The summed E-state index contributed by atoms with van der Waals surface area (Å²) in [5, 5.41) is 0. The smallest absolute Gasteiger partial charge is 0.289 e. The molecule has 0 saturated carbocycles. The van der Waals surface area contributed by atoms with Gasteiger partial charge in [-0.25, -0.2) is 4.98 Å². The van der Waals surface area contributed by atoms with Crippen LogP contribution in [0.15, 0.2) is 48.8 Å². The molecule has 0 aliphatic carbocycles. The second-order valence-electron chi connectivity index (χ2n) is 6.75. The van der Waals surface area contributed by atoms with Gasteiger partial charge in [0.05, 0.1) is 6.54 Å². The highest BCUT2D eigenvalue weighted by atomic mass is 16.2. The van der Waals surface area contributed by atoms with Crippen LogP contribution in [0.25, 0.3) is 5.65 Å². The average molecular weight is 363 g/mol. The number of hydrazine groups is 1. The first kappa shape index (κ1) is 17.1. The summed E-state index contributed by atoms with van der Waals surface area (Å²) < 4.78 is 1.77. The monoisotopic (exact) mass is 363 g/mol. The third kappa shape index (κ3) is 3.62. The largest absolute Gasteiger partial charge is 0.362 e. The number of pyridine rings is 1. The molecule has 0 atom stereocenters. The number of hydrogen-bond acceptors (Lipinski definition) is 4. The Morgan fingerprint density at radius 2 is 2.04 bits per heavy atom. The third-order valence-corrected chi connectivity index (χ3v) is 4.70. The fraction of sp³-hybridized carbons (Fsp3) is 0.250. The summed E-state index contributed by atoms with van der Waals surface area (Å²) >= 11 is 0. The van der Waals surface area contributed by atoms with E-state index in [1.54, 1.807) is 10.6 Å². The maximum absolute atomic E-state index is 12.3. The van der Waals surface area contributed by atoms with Gasteiger partial charge in [-0.1, -0.05) is 18.2 Å². The SMILES string of the molecule is Cc1ccn2cc(C(=O)NNC(=O)CN3CCCc4ccccc43)nc2c1. The molecule has 0 unspecified atom stereocenters. The van der Waals surface area contributed by atoms with Gasteiger partial charge in [0, 0.05) is 24.6 Å². The van der Waals surface area contributed by atoms with Crippen LogP contribution < -0.4 is 15.8 Å². The molecule has 1 aliphatic rings. The van der Waals surface area contributed by atoms with Crippen molar-refractivity contribution in [2.75, 3.05) is 18.0 Å². The zero-order chi connectivity index (χ0) is 18.8. The van der Waals surface area contributed by atoms with Gasteiger partial charge in [-0.15, -0.1) is 0 Å². The van der Waals surface area contributed by atoms with Crippen LogP contribution in [0.3, 0.4) is 0 Å². The van der Waals surface area contributed by atoms with Crippen LogP contribution in [0.2, 0.25) is 0 Å². The van der Waals surface area contributed by atoms with Crippen LogP contribution >= 0.6 is 0 Å². The number of carbonyl (C=O) groups excluding carboxylic acids is 2. The molecule has 1 aromatic carbocycles. The molecular weight excluding hydrogens is 342 g/mol. The Bertz CT molecular complexity index is 1010. The van der Waals surface area contributed by atoms with Crippen LogP contribution in [0, 0.1) is 6.92 Å². The summed E-state index contributed by atoms with van der Waals surface area (Å²) in [6.07, 6.45) is 5.52. The number of imidazole rings is 1. The lowest BCUT2D eigenvalue weighted by Crippen LogP contribution is -2.47. The first-order chi connectivity index (χ1) is 13.1. The number of nitrogens with zero attached hydrogens (tertiary/aromatic N) is 3. The van der Waals surface area contributed by atoms with Crippen molar-refractivity contribution in [1.82, 2.24) is 20.2 Å². The van der Waals surface area contributed by atoms with Gasteiger partial charge in [0.1, 0.15) is 11.3 Å². The summed E-state index contributed by atoms with van der Waals surface area (Å²) in [4.78, 5) is 30.9. The first-order valence-corrected chi connectivity index (χ1v) is 8.97. The lowest BCUT2D eigenvalue weighted by atomic mass is 10.0. The highest BCUT2D eigenvalue weighted by molar-refractivity contribution is 5.94. The van der Waals surface area contributed by atoms with E-state index in [0.29, 0.717) is 5.65 Å². The third-order valence-electron chi connectivity index (χ3n) is 4.70. The Morgan fingerprint density at radius 3 is 2.93 bits per heavy atom. The zero-order valence-corrected chi connectivity index (χ0v) is 15.1. The van der Waals surface area contributed by atoms with Gasteiger partial charge < -0.3 is 9.30 Å². The summed E-state index contributed by atoms with van der Waals surface area (Å²) in [7, 11) is 0. The molecule has 2 N–H and O–H groups in total. The summed E-state index contributed by atoms with van der Waals surface area (Å²) in [5.74, 6) is -0.705. The molecular formula is C20H21N5O2. The number of fused-ring (bicyclic) bond motifs is 2. The molecule has 2 amide bonds. The van der Waals surface area contributed by atoms with Crippen molar-refractivity contribution < 1.29 is 9.59 Å². The summed E-state index contributed by atoms with van der Waals surface area (Å²) in [6.45, 7) is 2.99. The molecule has 0 spiro atoms. The number of benzene rings is 1. The molecule has 7 nitrogen and oxygen atoms in total. The Morgan fingerprint density at radius 1 is 1.19 bits per heavy atom. The Kier molecular flexibility index (Phi) is 4.50. The summed E-state index contributed by atoms with van der Waals surface area (Å²) in [5.41, 5.74) is 9.28. The molecule has 2 aromatic heterocycles. The van der Waals surface area contributed by atoms with Crippen molar-refractivity contribution in [3.05, 3.63) is 65.6 Å². The van der Waals surface area contributed by atoms with E-state index in [-0.39, 0.29) is 18.1 Å². The summed E-state index contributed by atoms with van der Waals surface area (Å²) in [6, 6.07) is 11.9. The normalized spacial score (nSPS) is 13.3. The van der Waals surface area contributed by atoms with Crippen LogP contribution in [0.5, 0.6) is 0 Å². The number of aromatic nitrogens is 2. The Labute approximate surface area is 157 Å². The fourth-order valence-electron chi connectivity index (χ4n) is 3.37. The van der Waals surface area contributed by atoms with Gasteiger partial charge in [0.2, 0.25) is 0 Å². The van der Waals surface area contributed by atoms with Crippen molar-refractivity contribution in [3.63, 3.8) is 0 Å². The van der Waals surface area contributed by atoms with Gasteiger partial charge in [-0.3, -0.25) is 20.4 Å². The van der Waals surface area contributed by atoms with Crippen molar-refractivity contribution >= 4 is 23.1 Å². The minimum Gasteiger partial charge on any atom is -0.362 e. The molecule has 0 radical (unpaired) electrons. The maximum Gasteiger partial charge on any atom is 0.289 e. The number of hydrogen-bond donors (Lipinski definition) is 2. The number of nitrogens with one attached hydrogen (secondary N) is 2. The highest BCUT2D eigenvalue weighted by Gasteiger charge is 2.19. The Hall–Kier alpha value is -3.35. The van der Waals surface area contributed by atoms with Crippen LogP contribution in [-0.2, 0) is 11.2 Å². The maximum atomic E-state index is 12.3. The van der Waals surface area contributed by atoms with Crippen LogP contribution in [0.1, 0.15) is 28.0 Å². The quantitative estimate of drug-likeness (QED) is 0.696. The lowest BCUT2D eigenvalue weighted by Gasteiger charge is -2.30. The minimum absolute atomic E-state index is 0.196. The zero-order valence-electron chi connectivity index (χ0n) is 15.1. The number of anilines is 1. The van der Waals surface area contributed by atoms with E-state index in [1.165, 1.54) is 5.56 Å². The van der Waals surface area contributed by atoms with Crippen molar-refractivity contribution in [1.29, 1.82) is 0 Å². The minimum atomic E-state index is -0.441. The lowest BCUT2D eigenvalue weighted by molar-refractivity contribution is -0.120. The van der Waals surface area contributed by atoms with Crippen molar-refractivity contribution in [2.45, 2.75) is 19.8 Å². The highest BCUT2D eigenvalue weighted by Crippen LogP contribution is 2.26. The van der Waals surface area contributed by atoms with E-state index >= 15 is 0 Å². The number of rotatable bonds is 3. The van der Waals surface area contributed by atoms with Gasteiger partial charge in [-0.2, -0.15) is 0 Å². The van der Waals surface area contributed by atoms with Crippen LogP contribution in [0.4, 0.5) is 5.69 Å². The van der Waals surface area contributed by atoms with E-state index < -0.39 is 5.91 Å². The molecule has 0 saturated heterocycles. The number of amides is 2. The molecule has 1 aliphatic heterocycles. The van der Waals surface area contributed by atoms with E-state index in [9.17, 15) is 9.59 Å². The topological polar surface area (TPSA) is 78.7 Å². The molecule has 7 heteroatoms. The van der Waals surface area contributed by atoms with Gasteiger partial charge in [0.25, 0.3) is 11.8 Å². The molecule has 27 heavy (non-hydrogen) atoms. The molecule has 3 heterocycles. The second kappa shape index (κ2) is 7.11. The Balaban J connectivity index is 1.37. The van der Waals surface area contributed by atoms with Gasteiger partial charge in [-0.05, 0) is 49.1 Å². The predicted octanol–water partition coefficient (Wildman–Crippen LogP) is 1.86. The van der Waals surface area contributed by atoms with Gasteiger partial charge >= 0.3 is 0 Å². The van der Waals surface area contributed by atoms with Crippen molar-refractivity contribution in [2.24, 2.45) is 0 Å². The van der Waals surface area contributed by atoms with E-state index in [4.69, 9.17) is 0 Å². The molecule has 0 fully saturated rings. The second-order valence-corrected chi connectivity index (χ2v) is 6.75. The predicted molar refractivity (Wildman–Crippen MR) is 103 cm³/mol. The van der Waals surface area contributed by atoms with E-state index in [2.05, 4.69) is 21.9 Å². The number of para-hydroxylation sites is 1.